The Morgan fingerprint density at radius 2 is 2.09 bits per heavy atom. The maximum absolute atomic E-state index is 12.5. The van der Waals surface area contributed by atoms with Crippen molar-refractivity contribution in [2.75, 3.05) is 0 Å². The van der Waals surface area contributed by atoms with Crippen molar-refractivity contribution >= 4 is 6.16 Å². The molecule has 5 nitrogen and oxygen atoms in total. The number of carbonyl (C=O) groups is 1. The van der Waals surface area contributed by atoms with Crippen molar-refractivity contribution in [3.05, 3.63) is 65.5 Å². The predicted octanol–water partition coefficient (Wildman–Crippen LogP) is 3.26. The van der Waals surface area contributed by atoms with Crippen LogP contribution in [0.4, 0.5) is 13.6 Å². The number of nitrogens with zero attached hydrogens (tertiary/aromatic N) is 1. The molecule has 1 heterocycles. The second-order valence-corrected chi connectivity index (χ2v) is 4.22. The van der Waals surface area contributed by atoms with Crippen molar-refractivity contribution in [1.29, 1.82) is 0 Å². The number of halogens is 2. The molecule has 7 heteroatoms. The second kappa shape index (κ2) is 8.68. The Balaban J connectivity index is 0.000000224. The predicted molar refractivity (Wildman–Crippen MR) is 76.0 cm³/mol. The summed E-state index contributed by atoms with van der Waals surface area (Å²) in [6.07, 6.45) is -0.200. The van der Waals surface area contributed by atoms with Crippen LogP contribution in [0.25, 0.3) is 0 Å². The van der Waals surface area contributed by atoms with Crippen molar-refractivity contribution in [1.82, 2.24) is 4.98 Å². The topological polar surface area (TPSA) is 85.4 Å². The molecule has 2 aromatic rings. The van der Waals surface area contributed by atoms with Crippen LogP contribution in [0, 0.1) is 11.6 Å². The highest BCUT2D eigenvalue weighted by atomic mass is 19.1. The van der Waals surface area contributed by atoms with Gasteiger partial charge in [-0.15, -0.1) is 0 Å². The fourth-order valence-corrected chi connectivity index (χ4v) is 1.52. The van der Waals surface area contributed by atoms with E-state index in [9.17, 15) is 13.6 Å². The van der Waals surface area contributed by atoms with Gasteiger partial charge < -0.3 is 15.6 Å². The Morgan fingerprint density at radius 1 is 1.36 bits per heavy atom. The van der Waals surface area contributed by atoms with E-state index in [2.05, 4.69) is 9.72 Å². The highest BCUT2D eigenvalue weighted by molar-refractivity contribution is 5.57. The standard InChI is InChI=1S/C8H9NO3.C7H7F2N/c1-6(12-8(10)11)7-4-2-3-5-9-7;8-6-2-1-5(4-10)7(9)3-6/h2-6H,1H3,(H,10,11);1-3H,4,10H2. The Kier molecular flexibility index (Phi) is 6.91. The normalized spacial score (nSPS) is 11.1. The molecule has 0 bridgehead atoms. The lowest BCUT2D eigenvalue weighted by Gasteiger charge is -2.08. The number of ether oxygens (including phenoxy) is 1. The van der Waals surface area contributed by atoms with Gasteiger partial charge >= 0.3 is 6.16 Å². The van der Waals surface area contributed by atoms with Gasteiger partial charge in [-0.25, -0.2) is 13.6 Å². The summed E-state index contributed by atoms with van der Waals surface area (Å²) in [5.74, 6) is -1.16. The monoisotopic (exact) mass is 310 g/mol. The molecule has 118 valence electrons. The summed E-state index contributed by atoms with van der Waals surface area (Å²) in [5.41, 5.74) is 6.08. The first-order valence-electron chi connectivity index (χ1n) is 6.38. The molecule has 0 radical (unpaired) electrons. The van der Waals surface area contributed by atoms with E-state index in [4.69, 9.17) is 10.8 Å². The van der Waals surface area contributed by atoms with E-state index in [1.165, 1.54) is 12.1 Å². The molecular weight excluding hydrogens is 294 g/mol. The second-order valence-electron chi connectivity index (χ2n) is 4.22. The van der Waals surface area contributed by atoms with Gasteiger partial charge in [-0.2, -0.15) is 0 Å². The van der Waals surface area contributed by atoms with E-state index in [0.29, 0.717) is 11.3 Å². The van der Waals surface area contributed by atoms with Crippen molar-refractivity contribution < 1.29 is 23.4 Å². The first-order valence-corrected chi connectivity index (χ1v) is 6.38. The average Bonchev–Trinajstić information content (AvgIpc) is 2.48. The first kappa shape index (κ1) is 17.5. The van der Waals surface area contributed by atoms with Crippen molar-refractivity contribution in [2.45, 2.75) is 19.6 Å². The van der Waals surface area contributed by atoms with E-state index in [1.807, 2.05) is 0 Å². The summed E-state index contributed by atoms with van der Waals surface area (Å²) in [4.78, 5) is 14.1. The lowest BCUT2D eigenvalue weighted by atomic mass is 10.2. The lowest BCUT2D eigenvalue weighted by molar-refractivity contribution is 0.0571. The minimum atomic E-state index is -1.28. The largest absolute Gasteiger partial charge is 0.506 e. The Morgan fingerprint density at radius 3 is 2.59 bits per heavy atom. The van der Waals surface area contributed by atoms with Crippen LogP contribution >= 0.6 is 0 Å². The average molecular weight is 310 g/mol. The number of hydrogen-bond acceptors (Lipinski definition) is 4. The van der Waals surface area contributed by atoms with Gasteiger partial charge in [0.1, 0.15) is 17.7 Å². The molecule has 0 fully saturated rings. The Bertz CT molecular complexity index is 609. The molecule has 0 aliphatic carbocycles. The molecule has 1 unspecified atom stereocenters. The Labute approximate surface area is 126 Å². The molecule has 1 aromatic carbocycles. The zero-order valence-corrected chi connectivity index (χ0v) is 11.9. The molecule has 0 saturated heterocycles. The molecular formula is C15H16F2N2O3. The van der Waals surface area contributed by atoms with Crippen molar-refractivity contribution in [3.8, 4) is 0 Å². The van der Waals surface area contributed by atoms with E-state index in [1.54, 1.807) is 31.3 Å². The minimum Gasteiger partial charge on any atom is -0.450 e. The summed E-state index contributed by atoms with van der Waals surface area (Å²) in [6, 6.07) is 8.60. The Hall–Kier alpha value is -2.54. The summed E-state index contributed by atoms with van der Waals surface area (Å²) in [6.45, 7) is 1.74. The number of rotatable bonds is 3. The van der Waals surface area contributed by atoms with Crippen LogP contribution in [0.15, 0.2) is 42.6 Å². The first-order chi connectivity index (χ1) is 10.4. The van der Waals surface area contributed by atoms with E-state index in [0.717, 1.165) is 6.07 Å². The zero-order chi connectivity index (χ0) is 16.5. The van der Waals surface area contributed by atoms with Crippen LogP contribution in [-0.2, 0) is 11.3 Å². The van der Waals surface area contributed by atoms with Gasteiger partial charge in [0, 0.05) is 24.4 Å². The number of pyridine rings is 1. The van der Waals surface area contributed by atoms with Gasteiger partial charge in [0.05, 0.1) is 5.69 Å². The fraction of sp³-hybridized carbons (Fsp3) is 0.200. The maximum atomic E-state index is 12.5. The van der Waals surface area contributed by atoms with E-state index >= 15 is 0 Å². The number of nitrogens with two attached hydrogens (primary N) is 1. The van der Waals surface area contributed by atoms with Crippen molar-refractivity contribution in [3.63, 3.8) is 0 Å². The van der Waals surface area contributed by atoms with Gasteiger partial charge in [-0.3, -0.25) is 4.98 Å². The zero-order valence-electron chi connectivity index (χ0n) is 11.9. The third-order valence-electron chi connectivity index (χ3n) is 2.62. The van der Waals surface area contributed by atoms with Crippen LogP contribution in [0.2, 0.25) is 0 Å². The third kappa shape index (κ3) is 5.84. The molecule has 2 rings (SSSR count). The number of carboxylic acid groups (broad SMARTS) is 1. The van der Waals surface area contributed by atoms with Gasteiger partial charge in [0.25, 0.3) is 0 Å². The number of benzene rings is 1. The SMILES string of the molecule is CC(OC(=O)O)c1ccccn1.NCc1ccc(F)cc1F. The summed E-state index contributed by atoms with van der Waals surface area (Å²) in [5, 5.41) is 8.30. The molecule has 0 aliphatic heterocycles. The molecule has 0 spiro atoms. The van der Waals surface area contributed by atoms with Crippen LogP contribution in [0.5, 0.6) is 0 Å². The molecule has 1 aromatic heterocycles. The summed E-state index contributed by atoms with van der Waals surface area (Å²) in [7, 11) is 0. The number of aromatic nitrogens is 1. The molecule has 3 N–H and O–H groups in total. The highest BCUT2D eigenvalue weighted by Gasteiger charge is 2.09. The van der Waals surface area contributed by atoms with Gasteiger partial charge in [-0.05, 0) is 25.1 Å². The molecule has 22 heavy (non-hydrogen) atoms. The minimum absolute atomic E-state index is 0.103. The quantitative estimate of drug-likeness (QED) is 0.850. The van der Waals surface area contributed by atoms with E-state index in [-0.39, 0.29) is 6.54 Å². The van der Waals surface area contributed by atoms with Crippen LogP contribution in [-0.4, -0.2) is 16.2 Å². The molecule has 0 amide bonds. The maximum Gasteiger partial charge on any atom is 0.506 e. The van der Waals surface area contributed by atoms with E-state index < -0.39 is 23.9 Å². The van der Waals surface area contributed by atoms with Gasteiger partial charge in [0.15, 0.2) is 0 Å². The third-order valence-corrected chi connectivity index (χ3v) is 2.62. The number of hydrogen-bond donors (Lipinski definition) is 2. The van der Waals surface area contributed by atoms with Crippen LogP contribution in [0.1, 0.15) is 24.3 Å². The molecule has 0 aliphatic rings. The fourth-order valence-electron chi connectivity index (χ4n) is 1.52. The van der Waals surface area contributed by atoms with Gasteiger partial charge in [0.2, 0.25) is 0 Å². The lowest BCUT2D eigenvalue weighted by Crippen LogP contribution is -2.06. The van der Waals surface area contributed by atoms with Crippen LogP contribution < -0.4 is 5.73 Å². The van der Waals surface area contributed by atoms with Crippen LogP contribution in [0.3, 0.4) is 0 Å². The molecule has 1 atom stereocenters. The van der Waals surface area contributed by atoms with Crippen molar-refractivity contribution in [2.24, 2.45) is 5.73 Å². The summed E-state index contributed by atoms with van der Waals surface area (Å²) < 4.78 is 29.2. The molecule has 0 saturated carbocycles. The summed E-state index contributed by atoms with van der Waals surface area (Å²) >= 11 is 0. The van der Waals surface area contributed by atoms with Gasteiger partial charge in [-0.1, -0.05) is 12.1 Å². The smallest absolute Gasteiger partial charge is 0.450 e. The highest BCUT2D eigenvalue weighted by Crippen LogP contribution is 2.12.